The first-order valence-electron chi connectivity index (χ1n) is 9.73. The molecule has 2 rings (SSSR count). The Morgan fingerprint density at radius 2 is 2.00 bits per heavy atom. The highest BCUT2D eigenvalue weighted by Gasteiger charge is 2.20. The number of aliphatic hydroxyl groups excluding tert-OH is 1. The van der Waals surface area contributed by atoms with E-state index >= 15 is 0 Å². The SMILES string of the molecule is C=C(C)c1cc(C)ccc1N(C)C1CCCCO1.CC.CCCCO. The molecule has 0 spiro atoms. The van der Waals surface area contributed by atoms with Gasteiger partial charge in [0.05, 0.1) is 0 Å². The van der Waals surface area contributed by atoms with Gasteiger partial charge >= 0.3 is 0 Å². The number of aliphatic hydroxyl groups is 1. The summed E-state index contributed by atoms with van der Waals surface area (Å²) in [5.74, 6) is 0. The molecule has 1 N–H and O–H groups in total. The third-order valence-electron chi connectivity index (χ3n) is 4.09. The summed E-state index contributed by atoms with van der Waals surface area (Å²) < 4.78 is 5.86. The van der Waals surface area contributed by atoms with Gasteiger partial charge in [-0.25, -0.2) is 0 Å². The van der Waals surface area contributed by atoms with Crippen LogP contribution in [0.1, 0.15) is 70.9 Å². The van der Waals surface area contributed by atoms with E-state index in [0.29, 0.717) is 6.61 Å². The van der Waals surface area contributed by atoms with E-state index in [4.69, 9.17) is 9.84 Å². The standard InChI is InChI=1S/C16H23NO.C4H10O.C2H6/c1-12(2)14-11-13(3)8-9-15(14)17(4)16-7-5-6-10-18-16;1-2-3-4-5;1-2/h8-9,11,16H,1,5-7,10H2,2-4H3;5H,2-4H2,1H3;1-2H3. The van der Waals surface area contributed by atoms with Crippen molar-refractivity contribution in [1.82, 2.24) is 0 Å². The van der Waals surface area contributed by atoms with Crippen LogP contribution in [-0.4, -0.2) is 31.6 Å². The second kappa shape index (κ2) is 13.9. The molecule has 1 aliphatic rings. The Morgan fingerprint density at radius 1 is 1.32 bits per heavy atom. The van der Waals surface area contributed by atoms with Crippen LogP contribution in [0, 0.1) is 6.92 Å². The van der Waals surface area contributed by atoms with Crippen molar-refractivity contribution in [2.24, 2.45) is 0 Å². The van der Waals surface area contributed by atoms with Crippen LogP contribution in [0.3, 0.4) is 0 Å². The number of ether oxygens (including phenoxy) is 1. The number of unbranched alkanes of at least 4 members (excludes halogenated alkanes) is 1. The maximum Gasteiger partial charge on any atom is 0.129 e. The van der Waals surface area contributed by atoms with Gasteiger partial charge in [-0.3, -0.25) is 0 Å². The molecule has 3 heteroatoms. The molecule has 1 aliphatic heterocycles. The minimum atomic E-state index is 0.208. The van der Waals surface area contributed by atoms with E-state index in [1.165, 1.54) is 29.7 Å². The first kappa shape index (κ1) is 23.7. The lowest BCUT2D eigenvalue weighted by Crippen LogP contribution is -2.37. The van der Waals surface area contributed by atoms with Crippen molar-refractivity contribution >= 4 is 11.3 Å². The van der Waals surface area contributed by atoms with Crippen LogP contribution in [0.25, 0.3) is 5.57 Å². The summed E-state index contributed by atoms with van der Waals surface area (Å²) >= 11 is 0. The number of anilines is 1. The molecule has 0 saturated carbocycles. The first-order valence-corrected chi connectivity index (χ1v) is 9.73. The Morgan fingerprint density at radius 3 is 2.44 bits per heavy atom. The Kier molecular flexibility index (Phi) is 13.2. The van der Waals surface area contributed by atoms with Crippen LogP contribution in [0.5, 0.6) is 0 Å². The van der Waals surface area contributed by atoms with Gasteiger partial charge in [-0.15, -0.1) is 0 Å². The van der Waals surface area contributed by atoms with Crippen LogP contribution < -0.4 is 4.90 Å². The van der Waals surface area contributed by atoms with Gasteiger partial charge in [-0.2, -0.15) is 0 Å². The summed E-state index contributed by atoms with van der Waals surface area (Å²) in [5.41, 5.74) is 4.83. The molecule has 1 aromatic rings. The fourth-order valence-electron chi connectivity index (χ4n) is 2.64. The van der Waals surface area contributed by atoms with Crippen molar-refractivity contribution in [2.45, 2.75) is 73.0 Å². The average molecular weight is 350 g/mol. The van der Waals surface area contributed by atoms with Crippen molar-refractivity contribution in [3.8, 4) is 0 Å². The van der Waals surface area contributed by atoms with Gasteiger partial charge < -0.3 is 14.7 Å². The molecule has 1 heterocycles. The van der Waals surface area contributed by atoms with Crippen molar-refractivity contribution in [3.05, 3.63) is 35.9 Å². The molecule has 1 aromatic carbocycles. The number of benzene rings is 1. The number of aryl methyl sites for hydroxylation is 1. The maximum absolute atomic E-state index is 8.07. The van der Waals surface area contributed by atoms with E-state index in [9.17, 15) is 0 Å². The van der Waals surface area contributed by atoms with E-state index in [1.54, 1.807) is 0 Å². The van der Waals surface area contributed by atoms with Crippen molar-refractivity contribution in [1.29, 1.82) is 0 Å². The fraction of sp³-hybridized carbons (Fsp3) is 0.636. The highest BCUT2D eigenvalue weighted by molar-refractivity contribution is 5.75. The van der Waals surface area contributed by atoms with E-state index < -0.39 is 0 Å². The Hall–Kier alpha value is -1.32. The number of rotatable bonds is 5. The van der Waals surface area contributed by atoms with E-state index in [-0.39, 0.29) is 6.23 Å². The summed E-state index contributed by atoms with van der Waals surface area (Å²) in [6, 6.07) is 6.54. The zero-order chi connectivity index (χ0) is 19.2. The molecule has 1 fully saturated rings. The molecule has 0 radical (unpaired) electrons. The quantitative estimate of drug-likeness (QED) is 0.729. The smallest absolute Gasteiger partial charge is 0.129 e. The molecule has 0 aliphatic carbocycles. The predicted octanol–water partition coefficient (Wildman–Crippen LogP) is 5.80. The van der Waals surface area contributed by atoms with Crippen molar-refractivity contribution in [2.75, 3.05) is 25.2 Å². The molecule has 0 aromatic heterocycles. The molecular weight excluding hydrogens is 310 g/mol. The Bertz CT molecular complexity index is 477. The van der Waals surface area contributed by atoms with Gasteiger partial charge in [0.15, 0.2) is 0 Å². The summed E-state index contributed by atoms with van der Waals surface area (Å²) in [4.78, 5) is 2.25. The second-order valence-corrected chi connectivity index (χ2v) is 6.31. The largest absolute Gasteiger partial charge is 0.396 e. The summed E-state index contributed by atoms with van der Waals surface area (Å²) in [6.07, 6.45) is 5.80. The molecule has 144 valence electrons. The lowest BCUT2D eigenvalue weighted by atomic mass is 10.0. The zero-order valence-electron chi connectivity index (χ0n) is 17.3. The molecule has 0 bridgehead atoms. The molecule has 1 unspecified atom stereocenters. The monoisotopic (exact) mass is 349 g/mol. The topological polar surface area (TPSA) is 32.7 Å². The fourth-order valence-corrected chi connectivity index (χ4v) is 2.64. The number of hydrogen-bond acceptors (Lipinski definition) is 3. The number of allylic oxidation sites excluding steroid dienone is 1. The normalized spacial score (nSPS) is 16.0. The van der Waals surface area contributed by atoms with E-state index in [2.05, 4.69) is 57.5 Å². The summed E-state index contributed by atoms with van der Waals surface area (Å²) in [5, 5.41) is 8.07. The highest BCUT2D eigenvalue weighted by atomic mass is 16.5. The number of nitrogens with zero attached hydrogens (tertiary/aromatic N) is 1. The minimum Gasteiger partial charge on any atom is -0.396 e. The first-order chi connectivity index (χ1) is 12.0. The molecule has 3 nitrogen and oxygen atoms in total. The van der Waals surface area contributed by atoms with E-state index in [1.807, 2.05) is 13.8 Å². The van der Waals surface area contributed by atoms with Gasteiger partial charge in [0.25, 0.3) is 0 Å². The van der Waals surface area contributed by atoms with Gasteiger partial charge in [0.2, 0.25) is 0 Å². The molecule has 0 amide bonds. The van der Waals surface area contributed by atoms with Gasteiger partial charge in [-0.1, -0.05) is 45.4 Å². The van der Waals surface area contributed by atoms with Crippen LogP contribution in [-0.2, 0) is 4.74 Å². The van der Waals surface area contributed by atoms with Gasteiger partial charge in [-0.05, 0) is 57.2 Å². The van der Waals surface area contributed by atoms with Crippen molar-refractivity contribution in [3.63, 3.8) is 0 Å². The molecule has 1 atom stereocenters. The molecular formula is C22H39NO2. The highest BCUT2D eigenvalue weighted by Crippen LogP contribution is 2.30. The second-order valence-electron chi connectivity index (χ2n) is 6.31. The predicted molar refractivity (Wildman–Crippen MR) is 111 cm³/mol. The van der Waals surface area contributed by atoms with Crippen LogP contribution in [0.4, 0.5) is 5.69 Å². The molecule has 1 saturated heterocycles. The Labute approximate surface area is 155 Å². The Balaban J connectivity index is 0.000000710. The van der Waals surface area contributed by atoms with Crippen LogP contribution in [0.15, 0.2) is 24.8 Å². The third kappa shape index (κ3) is 8.55. The number of hydrogen-bond donors (Lipinski definition) is 1. The average Bonchev–Trinajstić information content (AvgIpc) is 2.64. The van der Waals surface area contributed by atoms with Crippen LogP contribution >= 0.6 is 0 Å². The third-order valence-corrected chi connectivity index (χ3v) is 4.09. The minimum absolute atomic E-state index is 0.208. The van der Waals surface area contributed by atoms with E-state index in [0.717, 1.165) is 31.4 Å². The van der Waals surface area contributed by atoms with Gasteiger partial charge in [0, 0.05) is 31.5 Å². The lowest BCUT2D eigenvalue weighted by molar-refractivity contribution is 0.0174. The maximum atomic E-state index is 8.07. The van der Waals surface area contributed by atoms with Crippen molar-refractivity contribution < 1.29 is 9.84 Å². The lowest BCUT2D eigenvalue weighted by Gasteiger charge is -2.34. The van der Waals surface area contributed by atoms with Crippen LogP contribution in [0.2, 0.25) is 0 Å². The zero-order valence-corrected chi connectivity index (χ0v) is 17.3. The summed E-state index contributed by atoms with van der Waals surface area (Å²) in [6.45, 7) is 15.5. The van der Waals surface area contributed by atoms with Gasteiger partial charge in [0.1, 0.15) is 6.23 Å². The summed E-state index contributed by atoms with van der Waals surface area (Å²) in [7, 11) is 2.12. The molecule has 25 heavy (non-hydrogen) atoms.